The number of hydrogen-bond acceptors (Lipinski definition) is 5. The van der Waals surface area contributed by atoms with Gasteiger partial charge in [-0.15, -0.1) is 0 Å². The van der Waals surface area contributed by atoms with E-state index in [0.717, 1.165) is 34.4 Å². The number of nitrogens with one attached hydrogen (secondary N) is 1. The molecule has 0 heterocycles. The van der Waals surface area contributed by atoms with Crippen LogP contribution in [0.5, 0.6) is 0 Å². The second kappa shape index (κ2) is 22.4. The van der Waals surface area contributed by atoms with Crippen molar-refractivity contribution >= 4 is 17.8 Å². The van der Waals surface area contributed by atoms with E-state index in [-0.39, 0.29) is 5.70 Å². The predicted molar refractivity (Wildman–Crippen MR) is 177 cm³/mol. The largest absolute Gasteiger partial charge is 0.314 e. The van der Waals surface area contributed by atoms with Gasteiger partial charge < -0.3 is 15.8 Å². The summed E-state index contributed by atoms with van der Waals surface area (Å²) in [6, 6.07) is 8.40. The molecule has 1 aromatic carbocycles. The van der Waals surface area contributed by atoms with Gasteiger partial charge in [-0.1, -0.05) is 77.6 Å². The van der Waals surface area contributed by atoms with Gasteiger partial charge in [0.25, 0.3) is 0 Å². The number of nitriles is 1. The summed E-state index contributed by atoms with van der Waals surface area (Å²) in [6.45, 7) is 32.9. The van der Waals surface area contributed by atoms with Crippen molar-refractivity contribution in [3.05, 3.63) is 83.1 Å². The topological polar surface area (TPSA) is 104 Å². The molecule has 0 aliphatic carbocycles. The fourth-order valence-electron chi connectivity index (χ4n) is 3.06. The summed E-state index contributed by atoms with van der Waals surface area (Å²) in [5, 5.41) is 12.0. The highest BCUT2D eigenvalue weighted by atomic mass is 16.1. The van der Waals surface area contributed by atoms with Crippen LogP contribution < -0.4 is 11.1 Å². The Balaban J connectivity index is -0.000000650. The summed E-state index contributed by atoms with van der Waals surface area (Å²) in [4.78, 5) is 19.6. The third-order valence-corrected chi connectivity index (χ3v) is 5.76. The van der Waals surface area contributed by atoms with Crippen molar-refractivity contribution in [2.24, 2.45) is 15.7 Å². The van der Waals surface area contributed by atoms with Crippen LogP contribution in [0.4, 0.5) is 0 Å². The van der Waals surface area contributed by atoms with E-state index in [1.165, 1.54) is 11.1 Å². The number of nitrogens with two attached hydrogens (primary N) is 1. The molecule has 1 unspecified atom stereocenters. The first-order valence-corrected chi connectivity index (χ1v) is 14.0. The van der Waals surface area contributed by atoms with Gasteiger partial charge >= 0.3 is 0 Å². The fraction of sp³-hybridized carbons (Fsp3) is 0.471. The number of carbonyl (C=O) groups is 1. The molecule has 0 aliphatic heterocycles. The Kier molecular flexibility index (Phi) is 23.0. The molecule has 2 atom stereocenters. The summed E-state index contributed by atoms with van der Waals surface area (Å²) in [5.41, 5.74) is 11.9. The Morgan fingerprint density at radius 1 is 1.10 bits per heavy atom. The van der Waals surface area contributed by atoms with E-state index in [0.29, 0.717) is 24.6 Å². The Hall–Kier alpha value is -3.40. The molecule has 1 rings (SSSR count). The average Bonchev–Trinajstić information content (AvgIpc) is 2.94. The summed E-state index contributed by atoms with van der Waals surface area (Å²) in [7, 11) is 1.96. The molecule has 0 fully saturated rings. The van der Waals surface area contributed by atoms with E-state index in [1.54, 1.807) is 13.8 Å². The highest BCUT2D eigenvalue weighted by Crippen LogP contribution is 2.21. The smallest absolute Gasteiger partial charge is 0.145 e. The number of aryl methyl sites for hydroxylation is 1. The van der Waals surface area contributed by atoms with E-state index >= 15 is 0 Å². The van der Waals surface area contributed by atoms with Gasteiger partial charge in [0.1, 0.15) is 17.7 Å². The van der Waals surface area contributed by atoms with E-state index in [4.69, 9.17) is 11.0 Å². The molecule has 0 aliphatic rings. The van der Waals surface area contributed by atoms with Crippen LogP contribution in [0.25, 0.3) is 0 Å². The van der Waals surface area contributed by atoms with Gasteiger partial charge in [0.2, 0.25) is 0 Å². The van der Waals surface area contributed by atoms with Crippen molar-refractivity contribution in [3.63, 3.8) is 0 Å². The number of aldehydes is 1. The lowest BCUT2D eigenvalue weighted by atomic mass is 9.98. The minimum absolute atomic E-state index is 0.276. The SMILES string of the molecule is C=C(C)C(C/C=C(\C)C(=C)C)=NC(C)=NC(=C)C(C)(N)C=O.CC.CC.CC[C@H](NC)c1ccc(C#N)cc1C. The molecule has 0 bridgehead atoms. The van der Waals surface area contributed by atoms with Gasteiger partial charge in [-0.2, -0.15) is 5.26 Å². The lowest BCUT2D eigenvalue weighted by molar-refractivity contribution is -0.110. The van der Waals surface area contributed by atoms with E-state index < -0.39 is 5.54 Å². The van der Waals surface area contributed by atoms with Crippen LogP contribution in [0.2, 0.25) is 0 Å². The van der Waals surface area contributed by atoms with Crippen LogP contribution in [-0.2, 0) is 4.79 Å². The van der Waals surface area contributed by atoms with E-state index in [9.17, 15) is 4.79 Å². The molecule has 222 valence electrons. The number of allylic oxidation sites excluding steroid dienone is 4. The van der Waals surface area contributed by atoms with E-state index in [1.807, 2.05) is 73.7 Å². The van der Waals surface area contributed by atoms with Gasteiger partial charge in [0.05, 0.1) is 17.3 Å². The average molecular weight is 550 g/mol. The molecule has 1 aromatic rings. The van der Waals surface area contributed by atoms with Crippen LogP contribution in [-0.4, -0.2) is 30.4 Å². The predicted octanol–water partition coefficient (Wildman–Crippen LogP) is 8.35. The summed E-state index contributed by atoms with van der Waals surface area (Å²) < 4.78 is 0. The summed E-state index contributed by atoms with van der Waals surface area (Å²) in [5.74, 6) is 0.489. The minimum atomic E-state index is -1.18. The molecule has 6 nitrogen and oxygen atoms in total. The zero-order valence-corrected chi connectivity index (χ0v) is 27.3. The Morgan fingerprint density at radius 3 is 2.02 bits per heavy atom. The maximum Gasteiger partial charge on any atom is 0.145 e. The molecule has 0 aromatic heterocycles. The fourth-order valence-corrected chi connectivity index (χ4v) is 3.06. The highest BCUT2D eigenvalue weighted by molar-refractivity contribution is 6.07. The van der Waals surface area contributed by atoms with Crippen molar-refractivity contribution in [1.82, 2.24) is 5.32 Å². The second-order valence-corrected chi connectivity index (χ2v) is 9.15. The number of amidine groups is 1. The Labute approximate surface area is 245 Å². The van der Waals surface area contributed by atoms with Crippen molar-refractivity contribution in [3.8, 4) is 6.07 Å². The lowest BCUT2D eigenvalue weighted by Gasteiger charge is -2.16. The van der Waals surface area contributed by atoms with Crippen LogP contribution >= 0.6 is 0 Å². The lowest BCUT2D eigenvalue weighted by Crippen LogP contribution is -2.39. The zero-order valence-electron chi connectivity index (χ0n) is 27.3. The molecule has 0 saturated carbocycles. The normalized spacial score (nSPS) is 13.3. The molecule has 6 heteroatoms. The van der Waals surface area contributed by atoms with Crippen molar-refractivity contribution in [1.29, 1.82) is 5.26 Å². The van der Waals surface area contributed by atoms with Crippen molar-refractivity contribution in [2.45, 2.75) is 101 Å². The number of rotatable bonds is 10. The number of benzene rings is 1. The number of aliphatic imine (C=N–C) groups is 2. The standard InChI is InChI=1S/C18H27N3O.C12H16N2.2C2H6/c1-12(2)14(5)9-10-17(13(3)4)21-16(7)20-15(6)18(8,19)11-22;1-4-12(14-3)11-6-5-10(8-13)7-9(11)2;2*1-2/h9,11H,1,3,6,10,19H2,2,4-5,7-8H3;5-7,12,14H,4H2,1-3H3;2*1-2H3/b14-9+,20-16?,21-17?;;;/t;12-;;/m.0../s1. The quantitative estimate of drug-likeness (QED) is 0.132. The van der Waals surface area contributed by atoms with Crippen LogP contribution in [0, 0.1) is 18.3 Å². The number of carbonyl (C=O) groups excluding carboxylic acids is 1. The maximum absolute atomic E-state index is 10.9. The third-order valence-electron chi connectivity index (χ3n) is 5.76. The first-order chi connectivity index (χ1) is 18.7. The van der Waals surface area contributed by atoms with Gasteiger partial charge in [-0.3, -0.25) is 0 Å². The maximum atomic E-state index is 10.9. The number of hydrogen-bond donors (Lipinski definition) is 2. The van der Waals surface area contributed by atoms with Crippen molar-refractivity contribution < 1.29 is 4.79 Å². The molecule has 40 heavy (non-hydrogen) atoms. The number of nitrogens with zero attached hydrogens (tertiary/aromatic N) is 3. The van der Waals surface area contributed by atoms with Gasteiger partial charge in [-0.05, 0) is 83.8 Å². The van der Waals surface area contributed by atoms with Gasteiger partial charge in [0, 0.05) is 18.2 Å². The molecular formula is C34H55N5O. The molecule has 0 spiro atoms. The second-order valence-electron chi connectivity index (χ2n) is 9.15. The third kappa shape index (κ3) is 15.9. The Bertz CT molecular complexity index is 1090. The molecule has 3 N–H and O–H groups in total. The van der Waals surface area contributed by atoms with E-state index in [2.05, 4.69) is 61.0 Å². The molecule has 0 amide bonds. The first kappa shape index (κ1) is 41.1. The van der Waals surface area contributed by atoms with Crippen LogP contribution in [0.15, 0.2) is 76.4 Å². The Morgan fingerprint density at radius 2 is 1.65 bits per heavy atom. The molecule has 0 saturated heterocycles. The zero-order chi connectivity index (χ0) is 32.1. The summed E-state index contributed by atoms with van der Waals surface area (Å²) in [6.07, 6.45) is 4.37. The highest BCUT2D eigenvalue weighted by Gasteiger charge is 2.21. The van der Waals surface area contributed by atoms with Crippen LogP contribution in [0.1, 0.15) is 105 Å². The first-order valence-electron chi connectivity index (χ1n) is 14.0. The minimum Gasteiger partial charge on any atom is -0.314 e. The van der Waals surface area contributed by atoms with Gasteiger partial charge in [0.15, 0.2) is 0 Å². The van der Waals surface area contributed by atoms with Crippen molar-refractivity contribution in [2.75, 3.05) is 7.05 Å². The molecular weight excluding hydrogens is 494 g/mol. The monoisotopic (exact) mass is 549 g/mol. The summed E-state index contributed by atoms with van der Waals surface area (Å²) >= 11 is 0. The van der Waals surface area contributed by atoms with Crippen LogP contribution in [0.3, 0.4) is 0 Å². The van der Waals surface area contributed by atoms with Gasteiger partial charge in [-0.25, -0.2) is 9.98 Å². The molecule has 0 radical (unpaired) electrons.